The van der Waals surface area contributed by atoms with E-state index < -0.39 is 5.41 Å². The Labute approximate surface area is 155 Å². The van der Waals surface area contributed by atoms with Crippen molar-refractivity contribution in [3.05, 3.63) is 66.2 Å². The summed E-state index contributed by atoms with van der Waals surface area (Å²) in [5, 5.41) is 0. The Morgan fingerprint density at radius 1 is 0.923 bits per heavy atom. The summed E-state index contributed by atoms with van der Waals surface area (Å²) in [5.74, 6) is -0.238. The van der Waals surface area contributed by atoms with Crippen LogP contribution in [0.5, 0.6) is 0 Å². The summed E-state index contributed by atoms with van der Waals surface area (Å²) in [6.07, 6.45) is 2.03. The molecule has 2 aromatic rings. The predicted octanol–water partition coefficient (Wildman–Crippen LogP) is 3.87. The molecule has 136 valence electrons. The number of benzene rings is 2. The van der Waals surface area contributed by atoms with Gasteiger partial charge in [0.05, 0.1) is 6.54 Å². The molecule has 0 aliphatic carbocycles. The van der Waals surface area contributed by atoms with Gasteiger partial charge in [0, 0.05) is 18.8 Å². The summed E-state index contributed by atoms with van der Waals surface area (Å²) in [6, 6.07) is 19.5. The first kappa shape index (κ1) is 18.2. The van der Waals surface area contributed by atoms with Gasteiger partial charge < -0.3 is 9.80 Å². The van der Waals surface area contributed by atoms with Gasteiger partial charge in [-0.3, -0.25) is 9.59 Å². The van der Waals surface area contributed by atoms with Gasteiger partial charge in [0.15, 0.2) is 0 Å². The van der Waals surface area contributed by atoms with E-state index in [0.717, 1.165) is 37.2 Å². The molecule has 1 fully saturated rings. The molecule has 0 spiro atoms. The summed E-state index contributed by atoms with van der Waals surface area (Å²) in [5.41, 5.74) is 0.757. The fourth-order valence-corrected chi connectivity index (χ4v) is 3.40. The zero-order chi connectivity index (χ0) is 18.6. The topological polar surface area (TPSA) is 40.6 Å². The molecule has 0 aromatic heterocycles. The van der Waals surface area contributed by atoms with Crippen molar-refractivity contribution >= 4 is 17.5 Å². The molecule has 0 unspecified atom stereocenters. The maximum atomic E-state index is 13.4. The molecule has 4 nitrogen and oxygen atoms in total. The molecule has 3 rings (SSSR count). The van der Waals surface area contributed by atoms with E-state index in [1.165, 1.54) is 0 Å². The van der Waals surface area contributed by atoms with Gasteiger partial charge in [0.1, 0.15) is 5.41 Å². The number of carbonyl (C=O) groups excluding carboxylic acids is 2. The van der Waals surface area contributed by atoms with Crippen LogP contribution in [0.2, 0.25) is 0 Å². The number of hydrogen-bond acceptors (Lipinski definition) is 2. The molecule has 0 N–H and O–H groups in total. The molecular weight excluding hydrogens is 324 g/mol. The maximum Gasteiger partial charge on any atom is 0.242 e. The molecule has 1 heterocycles. The van der Waals surface area contributed by atoms with Crippen molar-refractivity contribution in [1.29, 1.82) is 0 Å². The van der Waals surface area contributed by atoms with Crippen LogP contribution in [0.15, 0.2) is 60.7 Å². The molecular formula is C22H26N2O2. The van der Waals surface area contributed by atoms with Gasteiger partial charge in [-0.2, -0.15) is 0 Å². The van der Waals surface area contributed by atoms with Crippen LogP contribution in [0.3, 0.4) is 0 Å². The third kappa shape index (κ3) is 3.79. The van der Waals surface area contributed by atoms with E-state index in [0.29, 0.717) is 6.54 Å². The first-order chi connectivity index (χ1) is 12.5. The average Bonchev–Trinajstić information content (AvgIpc) is 3.21. The third-order valence-corrected chi connectivity index (χ3v) is 4.96. The van der Waals surface area contributed by atoms with Gasteiger partial charge in [-0.05, 0) is 44.4 Å². The summed E-state index contributed by atoms with van der Waals surface area (Å²) in [7, 11) is 0. The van der Waals surface area contributed by atoms with Crippen LogP contribution in [-0.4, -0.2) is 29.8 Å². The highest BCUT2D eigenvalue weighted by molar-refractivity contribution is 6.11. The van der Waals surface area contributed by atoms with Gasteiger partial charge in [-0.15, -0.1) is 0 Å². The molecule has 26 heavy (non-hydrogen) atoms. The molecule has 0 radical (unpaired) electrons. The smallest absolute Gasteiger partial charge is 0.242 e. The molecule has 1 aliphatic rings. The van der Waals surface area contributed by atoms with Crippen molar-refractivity contribution in [3.8, 4) is 0 Å². The van der Waals surface area contributed by atoms with Crippen molar-refractivity contribution in [2.24, 2.45) is 5.41 Å². The highest BCUT2D eigenvalue weighted by Crippen LogP contribution is 2.29. The van der Waals surface area contributed by atoms with Crippen LogP contribution in [0.4, 0.5) is 5.69 Å². The highest BCUT2D eigenvalue weighted by Gasteiger charge is 2.42. The number of hydrogen-bond donors (Lipinski definition) is 0. The number of likely N-dealkylation sites (tertiary alicyclic amines) is 1. The number of anilines is 1. The summed E-state index contributed by atoms with van der Waals surface area (Å²) >= 11 is 0. The SMILES string of the molecule is CC(C)(C(=O)N1CCCC1)C(=O)N(Cc1ccccc1)c1ccccc1. The van der Waals surface area contributed by atoms with E-state index in [4.69, 9.17) is 0 Å². The van der Waals surface area contributed by atoms with E-state index in [1.54, 1.807) is 18.7 Å². The van der Waals surface area contributed by atoms with E-state index in [1.807, 2.05) is 65.6 Å². The quantitative estimate of drug-likeness (QED) is 0.768. The molecule has 0 atom stereocenters. The summed E-state index contributed by atoms with van der Waals surface area (Å²) in [4.78, 5) is 30.0. The minimum atomic E-state index is -1.09. The van der Waals surface area contributed by atoms with Crippen molar-refractivity contribution in [3.63, 3.8) is 0 Å². The second-order valence-corrected chi connectivity index (χ2v) is 7.34. The van der Waals surface area contributed by atoms with Crippen LogP contribution in [0, 0.1) is 5.41 Å². The van der Waals surface area contributed by atoms with Gasteiger partial charge >= 0.3 is 0 Å². The van der Waals surface area contributed by atoms with Crippen LogP contribution >= 0.6 is 0 Å². The predicted molar refractivity (Wildman–Crippen MR) is 104 cm³/mol. The number of nitrogens with zero attached hydrogens (tertiary/aromatic N) is 2. The van der Waals surface area contributed by atoms with E-state index in [9.17, 15) is 9.59 Å². The minimum absolute atomic E-state index is 0.0750. The molecule has 2 aromatic carbocycles. The number of rotatable bonds is 5. The Balaban J connectivity index is 1.90. The Bertz CT molecular complexity index is 750. The zero-order valence-corrected chi connectivity index (χ0v) is 15.5. The first-order valence-electron chi connectivity index (χ1n) is 9.20. The van der Waals surface area contributed by atoms with Crippen molar-refractivity contribution in [2.75, 3.05) is 18.0 Å². The van der Waals surface area contributed by atoms with Crippen molar-refractivity contribution in [1.82, 2.24) is 4.90 Å². The van der Waals surface area contributed by atoms with Gasteiger partial charge in [-0.25, -0.2) is 0 Å². The Morgan fingerprint density at radius 3 is 2.04 bits per heavy atom. The standard InChI is InChI=1S/C22H26N2O2/c1-22(2,20(25)23-15-9-10-16-23)21(26)24(19-13-7-4-8-14-19)17-18-11-5-3-6-12-18/h3-8,11-14H,9-10,15-17H2,1-2H3. The lowest BCUT2D eigenvalue weighted by atomic mass is 9.89. The largest absolute Gasteiger partial charge is 0.342 e. The van der Waals surface area contributed by atoms with Crippen LogP contribution in [0.1, 0.15) is 32.3 Å². The number of amides is 2. The lowest BCUT2D eigenvalue weighted by Crippen LogP contribution is -2.50. The van der Waals surface area contributed by atoms with E-state index in [2.05, 4.69) is 0 Å². The Morgan fingerprint density at radius 2 is 1.46 bits per heavy atom. The van der Waals surface area contributed by atoms with E-state index >= 15 is 0 Å². The molecule has 0 bridgehead atoms. The van der Waals surface area contributed by atoms with Gasteiger partial charge in [0.2, 0.25) is 11.8 Å². The number of para-hydroxylation sites is 1. The van der Waals surface area contributed by atoms with Gasteiger partial charge in [0.25, 0.3) is 0 Å². The summed E-state index contributed by atoms with van der Waals surface area (Å²) < 4.78 is 0. The molecule has 4 heteroatoms. The van der Waals surface area contributed by atoms with Crippen molar-refractivity contribution < 1.29 is 9.59 Å². The zero-order valence-electron chi connectivity index (χ0n) is 15.5. The van der Waals surface area contributed by atoms with Crippen molar-refractivity contribution in [2.45, 2.75) is 33.2 Å². The molecule has 2 amide bonds. The monoisotopic (exact) mass is 350 g/mol. The van der Waals surface area contributed by atoms with Crippen LogP contribution < -0.4 is 4.90 Å². The molecule has 1 saturated heterocycles. The van der Waals surface area contributed by atoms with E-state index in [-0.39, 0.29) is 11.8 Å². The maximum absolute atomic E-state index is 13.4. The fourth-order valence-electron chi connectivity index (χ4n) is 3.40. The summed E-state index contributed by atoms with van der Waals surface area (Å²) in [6.45, 7) is 5.44. The Hall–Kier alpha value is -2.62. The van der Waals surface area contributed by atoms with Gasteiger partial charge in [-0.1, -0.05) is 48.5 Å². The third-order valence-electron chi connectivity index (χ3n) is 4.96. The fraction of sp³-hybridized carbons (Fsp3) is 0.364. The molecule has 0 saturated carbocycles. The molecule has 1 aliphatic heterocycles. The first-order valence-corrected chi connectivity index (χ1v) is 9.20. The Kier molecular flexibility index (Phi) is 5.40. The lowest BCUT2D eigenvalue weighted by Gasteiger charge is -2.33. The van der Waals surface area contributed by atoms with Crippen LogP contribution in [0.25, 0.3) is 0 Å². The average molecular weight is 350 g/mol. The van der Waals surface area contributed by atoms with Crippen LogP contribution in [-0.2, 0) is 16.1 Å². The second kappa shape index (κ2) is 7.73. The highest BCUT2D eigenvalue weighted by atomic mass is 16.2. The lowest BCUT2D eigenvalue weighted by molar-refractivity contribution is -0.146. The normalized spacial score (nSPS) is 14.3. The second-order valence-electron chi connectivity index (χ2n) is 7.34. The minimum Gasteiger partial charge on any atom is -0.342 e. The number of carbonyl (C=O) groups is 2.